The van der Waals surface area contributed by atoms with Crippen LogP contribution >= 0.6 is 0 Å². The highest BCUT2D eigenvalue weighted by molar-refractivity contribution is 5.88. The second-order valence-electron chi connectivity index (χ2n) is 5.88. The average Bonchev–Trinajstić information content (AvgIpc) is 2.71. The molecule has 0 radical (unpaired) electrons. The second-order valence-corrected chi connectivity index (χ2v) is 5.88. The van der Waals surface area contributed by atoms with Gasteiger partial charge in [0.05, 0.1) is 25.2 Å². The first-order valence-electron chi connectivity index (χ1n) is 8.22. The molecule has 0 spiro atoms. The first-order valence-corrected chi connectivity index (χ1v) is 8.22. The number of hydrogen-bond donors (Lipinski definition) is 2. The van der Waals surface area contributed by atoms with Gasteiger partial charge in [-0.2, -0.15) is 0 Å². The monoisotopic (exact) mass is 312 g/mol. The normalized spacial score (nSPS) is 26.5. The van der Waals surface area contributed by atoms with Crippen LogP contribution in [0.5, 0.6) is 0 Å². The lowest BCUT2D eigenvalue weighted by molar-refractivity contribution is -0.146. The number of rotatable bonds is 9. The van der Waals surface area contributed by atoms with Gasteiger partial charge in [0.1, 0.15) is 5.78 Å². The molecule has 0 unspecified atom stereocenters. The molecule has 4 atom stereocenters. The van der Waals surface area contributed by atoms with Crippen LogP contribution in [-0.4, -0.2) is 40.8 Å². The highest BCUT2D eigenvalue weighted by Crippen LogP contribution is 2.33. The molecule has 0 aromatic rings. The van der Waals surface area contributed by atoms with Crippen LogP contribution in [0.1, 0.15) is 52.4 Å². The molecule has 5 heteroatoms. The quantitative estimate of drug-likeness (QED) is 0.386. The number of Topliss-reactive ketones (excluding diaryl/α,β-unsaturated/α-hetero) is 1. The summed E-state index contributed by atoms with van der Waals surface area (Å²) in [6, 6.07) is 0. The summed E-state index contributed by atoms with van der Waals surface area (Å²) < 4.78 is 4.88. The second kappa shape index (κ2) is 9.74. The highest BCUT2D eigenvalue weighted by atomic mass is 16.5. The Bertz CT molecular complexity index is 391. The molecule has 1 fully saturated rings. The van der Waals surface area contributed by atoms with Crippen molar-refractivity contribution >= 4 is 11.8 Å². The van der Waals surface area contributed by atoms with Crippen LogP contribution in [0.4, 0.5) is 0 Å². The Morgan fingerprint density at radius 3 is 2.77 bits per heavy atom. The van der Waals surface area contributed by atoms with E-state index >= 15 is 0 Å². The van der Waals surface area contributed by atoms with Crippen molar-refractivity contribution in [3.63, 3.8) is 0 Å². The van der Waals surface area contributed by atoms with E-state index in [1.54, 1.807) is 19.1 Å². The van der Waals surface area contributed by atoms with Crippen LogP contribution in [-0.2, 0) is 14.3 Å². The van der Waals surface area contributed by atoms with Crippen LogP contribution in [0.3, 0.4) is 0 Å². The zero-order valence-electron chi connectivity index (χ0n) is 13.5. The third-order valence-electron chi connectivity index (χ3n) is 4.08. The number of ketones is 1. The number of unbranched alkanes of at least 4 members (excludes halogenated alkanes) is 2. The molecule has 1 saturated carbocycles. The molecule has 0 aliphatic heterocycles. The standard InChI is InChI=1S/C17H28O5/c1-3-5-6-7-12(18)8-9-13-14(10-17(21)22-4-2)16(20)11-15(13)19/h8-9,12-15,18-19H,3-7,10-11H2,1-2H3/b9-8+/t12-,13+,14+,15+/m0/s1. The minimum absolute atomic E-state index is 0.00926. The van der Waals surface area contributed by atoms with E-state index in [-0.39, 0.29) is 25.2 Å². The van der Waals surface area contributed by atoms with Crippen molar-refractivity contribution < 1.29 is 24.5 Å². The van der Waals surface area contributed by atoms with Gasteiger partial charge in [0.15, 0.2) is 0 Å². The number of carbonyl (C=O) groups excluding carboxylic acids is 2. The Labute approximate surface area is 132 Å². The molecule has 5 nitrogen and oxygen atoms in total. The molecule has 126 valence electrons. The SMILES string of the molecule is CCCCC[C@H](O)/C=C/[C@H]1[C@H](O)CC(=O)[C@@H]1CC(=O)OCC. The predicted octanol–water partition coefficient (Wildman–Crippen LogP) is 2.00. The summed E-state index contributed by atoms with van der Waals surface area (Å²) in [6.45, 7) is 4.09. The third-order valence-corrected chi connectivity index (χ3v) is 4.08. The van der Waals surface area contributed by atoms with Crippen molar-refractivity contribution in [3.05, 3.63) is 12.2 Å². The highest BCUT2D eigenvalue weighted by Gasteiger charge is 2.41. The van der Waals surface area contributed by atoms with Crippen molar-refractivity contribution in [2.75, 3.05) is 6.61 Å². The summed E-state index contributed by atoms with van der Waals surface area (Å²) in [6.07, 6.45) is 5.80. The fourth-order valence-electron chi connectivity index (χ4n) is 2.84. The van der Waals surface area contributed by atoms with Crippen molar-refractivity contribution in [3.8, 4) is 0 Å². The van der Waals surface area contributed by atoms with E-state index in [2.05, 4.69) is 6.92 Å². The van der Waals surface area contributed by atoms with Gasteiger partial charge in [-0.05, 0) is 13.3 Å². The van der Waals surface area contributed by atoms with Gasteiger partial charge < -0.3 is 14.9 Å². The zero-order valence-corrected chi connectivity index (χ0v) is 13.5. The lowest BCUT2D eigenvalue weighted by atomic mass is 9.90. The Kier molecular flexibility index (Phi) is 8.35. The van der Waals surface area contributed by atoms with Gasteiger partial charge in [0.25, 0.3) is 0 Å². The van der Waals surface area contributed by atoms with Crippen molar-refractivity contribution in [1.29, 1.82) is 0 Å². The van der Waals surface area contributed by atoms with Gasteiger partial charge in [-0.1, -0.05) is 38.3 Å². The maximum Gasteiger partial charge on any atom is 0.306 e. The molecule has 2 N–H and O–H groups in total. The lowest BCUT2D eigenvalue weighted by Crippen LogP contribution is -2.23. The van der Waals surface area contributed by atoms with Gasteiger partial charge in [-0.25, -0.2) is 0 Å². The Morgan fingerprint density at radius 1 is 1.41 bits per heavy atom. The number of carbonyl (C=O) groups is 2. The fourth-order valence-corrected chi connectivity index (χ4v) is 2.84. The van der Waals surface area contributed by atoms with Crippen LogP contribution in [0.15, 0.2) is 12.2 Å². The van der Waals surface area contributed by atoms with E-state index in [0.29, 0.717) is 6.42 Å². The van der Waals surface area contributed by atoms with E-state index in [4.69, 9.17) is 4.74 Å². The molecule has 1 aliphatic carbocycles. The molecule has 0 bridgehead atoms. The fraction of sp³-hybridized carbons (Fsp3) is 0.765. The van der Waals surface area contributed by atoms with Gasteiger partial charge in [-0.3, -0.25) is 9.59 Å². The average molecular weight is 312 g/mol. The molecule has 0 aromatic carbocycles. The molecule has 0 amide bonds. The number of esters is 1. The number of ether oxygens (including phenoxy) is 1. The zero-order chi connectivity index (χ0) is 16.5. The van der Waals surface area contributed by atoms with Gasteiger partial charge >= 0.3 is 5.97 Å². The molecule has 1 rings (SSSR count). The maximum absolute atomic E-state index is 11.9. The summed E-state index contributed by atoms with van der Waals surface area (Å²) in [5, 5.41) is 19.9. The van der Waals surface area contributed by atoms with E-state index in [1.807, 2.05) is 0 Å². The third kappa shape index (κ3) is 5.89. The Morgan fingerprint density at radius 2 is 2.14 bits per heavy atom. The molecule has 22 heavy (non-hydrogen) atoms. The number of aliphatic hydroxyl groups excluding tert-OH is 2. The maximum atomic E-state index is 11.9. The first-order chi connectivity index (χ1) is 10.5. The van der Waals surface area contributed by atoms with Crippen LogP contribution < -0.4 is 0 Å². The number of aliphatic hydroxyl groups is 2. The van der Waals surface area contributed by atoms with Crippen LogP contribution in [0.25, 0.3) is 0 Å². The predicted molar refractivity (Wildman–Crippen MR) is 83.1 cm³/mol. The number of hydrogen-bond acceptors (Lipinski definition) is 5. The van der Waals surface area contributed by atoms with E-state index in [0.717, 1.165) is 19.3 Å². The summed E-state index contributed by atoms with van der Waals surface area (Å²) in [7, 11) is 0. The van der Waals surface area contributed by atoms with Crippen LogP contribution in [0, 0.1) is 11.8 Å². The molecule has 0 aromatic heterocycles. The summed E-state index contributed by atoms with van der Waals surface area (Å²) in [5.74, 6) is -1.50. The minimum Gasteiger partial charge on any atom is -0.466 e. The molecule has 1 aliphatic rings. The molecule has 0 heterocycles. The summed E-state index contributed by atoms with van der Waals surface area (Å²) >= 11 is 0. The van der Waals surface area contributed by atoms with E-state index < -0.39 is 30.0 Å². The van der Waals surface area contributed by atoms with Crippen molar-refractivity contribution in [2.24, 2.45) is 11.8 Å². The van der Waals surface area contributed by atoms with E-state index in [1.165, 1.54) is 0 Å². The van der Waals surface area contributed by atoms with E-state index in [9.17, 15) is 19.8 Å². The first kappa shape index (κ1) is 18.8. The van der Waals surface area contributed by atoms with Gasteiger partial charge in [0.2, 0.25) is 0 Å². The lowest BCUT2D eigenvalue weighted by Gasteiger charge is -2.17. The molecular formula is C17H28O5. The Balaban J connectivity index is 2.60. The van der Waals surface area contributed by atoms with Gasteiger partial charge in [-0.15, -0.1) is 0 Å². The topological polar surface area (TPSA) is 83.8 Å². The van der Waals surface area contributed by atoms with Crippen molar-refractivity contribution in [2.45, 2.75) is 64.6 Å². The molecular weight excluding hydrogens is 284 g/mol. The summed E-state index contributed by atoms with van der Waals surface area (Å²) in [5.41, 5.74) is 0. The largest absolute Gasteiger partial charge is 0.466 e. The van der Waals surface area contributed by atoms with Gasteiger partial charge in [0, 0.05) is 18.3 Å². The smallest absolute Gasteiger partial charge is 0.306 e. The summed E-state index contributed by atoms with van der Waals surface area (Å²) in [4.78, 5) is 23.5. The molecule has 0 saturated heterocycles. The van der Waals surface area contributed by atoms with Crippen LogP contribution in [0.2, 0.25) is 0 Å². The minimum atomic E-state index is -0.786. The van der Waals surface area contributed by atoms with Crippen molar-refractivity contribution in [1.82, 2.24) is 0 Å². The Hall–Kier alpha value is -1.20.